The van der Waals surface area contributed by atoms with Crippen molar-refractivity contribution in [3.8, 4) is 11.5 Å². The number of benzene rings is 1. The predicted molar refractivity (Wildman–Crippen MR) is 89.3 cm³/mol. The molecule has 132 valence electrons. The first-order valence-corrected chi connectivity index (χ1v) is 9.18. The first kappa shape index (κ1) is 15.0. The summed E-state index contributed by atoms with van der Waals surface area (Å²) in [6.45, 7) is 2.98. The highest BCUT2D eigenvalue weighted by Gasteiger charge is 2.46. The van der Waals surface area contributed by atoms with Gasteiger partial charge in [-0.1, -0.05) is 6.07 Å². The molecular weight excluding hydrogens is 320 g/mol. The van der Waals surface area contributed by atoms with Gasteiger partial charge in [-0.15, -0.1) is 0 Å². The molecule has 25 heavy (non-hydrogen) atoms. The third-order valence-electron chi connectivity index (χ3n) is 5.76. The topological polar surface area (TPSA) is 59.1 Å². The molecule has 6 heteroatoms. The Kier molecular flexibility index (Phi) is 3.40. The van der Waals surface area contributed by atoms with Crippen molar-refractivity contribution in [2.45, 2.75) is 25.2 Å². The molecule has 2 atom stereocenters. The van der Waals surface area contributed by atoms with E-state index in [4.69, 9.17) is 9.47 Å². The van der Waals surface area contributed by atoms with Crippen molar-refractivity contribution in [2.24, 2.45) is 11.8 Å². The molecule has 0 N–H and O–H groups in total. The van der Waals surface area contributed by atoms with E-state index in [0.29, 0.717) is 26.2 Å². The summed E-state index contributed by atoms with van der Waals surface area (Å²) >= 11 is 0. The molecular formula is C19H22N2O4. The van der Waals surface area contributed by atoms with Crippen LogP contribution in [0.3, 0.4) is 0 Å². The molecule has 0 spiro atoms. The number of hydrogen-bond acceptors (Lipinski definition) is 4. The van der Waals surface area contributed by atoms with Gasteiger partial charge >= 0.3 is 0 Å². The Morgan fingerprint density at radius 1 is 0.920 bits per heavy atom. The summed E-state index contributed by atoms with van der Waals surface area (Å²) in [6, 6.07) is 5.98. The SMILES string of the molecule is O=C(C1CC1)N1CCN(C(=O)C2CC2c2ccc3c(c2)OCO3)CC1. The minimum Gasteiger partial charge on any atom is -0.454 e. The Morgan fingerprint density at radius 3 is 2.32 bits per heavy atom. The molecule has 1 saturated heterocycles. The second-order valence-electron chi connectivity index (χ2n) is 7.49. The minimum absolute atomic E-state index is 0.0751. The maximum Gasteiger partial charge on any atom is 0.231 e. The van der Waals surface area contributed by atoms with E-state index in [2.05, 4.69) is 0 Å². The number of fused-ring (bicyclic) bond motifs is 1. The summed E-state index contributed by atoms with van der Waals surface area (Å²) in [7, 11) is 0. The lowest BCUT2D eigenvalue weighted by Crippen LogP contribution is -2.51. The monoisotopic (exact) mass is 342 g/mol. The van der Waals surface area contributed by atoms with Gasteiger partial charge in [0.05, 0.1) is 0 Å². The van der Waals surface area contributed by atoms with Crippen LogP contribution in [0.1, 0.15) is 30.7 Å². The van der Waals surface area contributed by atoms with Gasteiger partial charge in [0, 0.05) is 38.0 Å². The van der Waals surface area contributed by atoms with Gasteiger partial charge in [0.2, 0.25) is 18.6 Å². The van der Waals surface area contributed by atoms with Crippen LogP contribution in [0, 0.1) is 11.8 Å². The summed E-state index contributed by atoms with van der Waals surface area (Å²) in [5.74, 6) is 2.71. The van der Waals surface area contributed by atoms with Crippen molar-refractivity contribution in [3.63, 3.8) is 0 Å². The predicted octanol–water partition coefficient (Wildman–Crippen LogP) is 1.60. The molecule has 1 aromatic rings. The van der Waals surface area contributed by atoms with Gasteiger partial charge in [-0.2, -0.15) is 0 Å². The molecule has 0 bridgehead atoms. The first-order valence-electron chi connectivity index (χ1n) is 9.18. The Labute approximate surface area is 146 Å². The third-order valence-corrected chi connectivity index (χ3v) is 5.76. The summed E-state index contributed by atoms with van der Waals surface area (Å²) in [5, 5.41) is 0. The van der Waals surface area contributed by atoms with Crippen molar-refractivity contribution >= 4 is 11.8 Å². The fraction of sp³-hybridized carbons (Fsp3) is 0.579. The highest BCUT2D eigenvalue weighted by Crippen LogP contribution is 2.50. The third kappa shape index (κ3) is 2.73. The molecule has 3 fully saturated rings. The quantitative estimate of drug-likeness (QED) is 0.837. The lowest BCUT2D eigenvalue weighted by atomic mass is 10.1. The van der Waals surface area contributed by atoms with Crippen molar-refractivity contribution in [1.29, 1.82) is 0 Å². The maximum atomic E-state index is 12.8. The van der Waals surface area contributed by atoms with Crippen LogP contribution in [-0.4, -0.2) is 54.6 Å². The smallest absolute Gasteiger partial charge is 0.231 e. The Balaban J connectivity index is 1.18. The van der Waals surface area contributed by atoms with Gasteiger partial charge in [0.25, 0.3) is 0 Å². The molecule has 0 radical (unpaired) electrons. The van der Waals surface area contributed by atoms with Crippen LogP contribution in [0.2, 0.25) is 0 Å². The van der Waals surface area contributed by atoms with E-state index < -0.39 is 0 Å². The second-order valence-corrected chi connectivity index (χ2v) is 7.49. The van der Waals surface area contributed by atoms with Crippen LogP contribution in [0.4, 0.5) is 0 Å². The van der Waals surface area contributed by atoms with Gasteiger partial charge in [0.15, 0.2) is 11.5 Å². The Hall–Kier alpha value is -2.24. The van der Waals surface area contributed by atoms with E-state index >= 15 is 0 Å². The fourth-order valence-electron chi connectivity index (χ4n) is 3.95. The largest absolute Gasteiger partial charge is 0.454 e. The van der Waals surface area contributed by atoms with Gasteiger partial charge in [-0.05, 0) is 42.9 Å². The summed E-state index contributed by atoms with van der Waals surface area (Å²) in [4.78, 5) is 28.8. The molecule has 2 aliphatic heterocycles. The number of carbonyl (C=O) groups excluding carboxylic acids is 2. The van der Waals surface area contributed by atoms with Crippen LogP contribution in [0.15, 0.2) is 18.2 Å². The van der Waals surface area contributed by atoms with Gasteiger partial charge < -0.3 is 19.3 Å². The molecule has 0 aromatic heterocycles. The van der Waals surface area contributed by atoms with Gasteiger partial charge in [-0.25, -0.2) is 0 Å². The van der Waals surface area contributed by atoms with Crippen molar-refractivity contribution < 1.29 is 19.1 Å². The summed E-state index contributed by atoms with van der Waals surface area (Å²) in [5.41, 5.74) is 1.16. The fourth-order valence-corrected chi connectivity index (χ4v) is 3.95. The lowest BCUT2D eigenvalue weighted by molar-refractivity contribution is -0.141. The molecule has 2 unspecified atom stereocenters. The van der Waals surface area contributed by atoms with Crippen molar-refractivity contribution in [3.05, 3.63) is 23.8 Å². The van der Waals surface area contributed by atoms with E-state index in [1.165, 1.54) is 0 Å². The molecule has 4 aliphatic rings. The second kappa shape index (κ2) is 5.64. The number of carbonyl (C=O) groups is 2. The summed E-state index contributed by atoms with van der Waals surface area (Å²) in [6.07, 6.45) is 2.98. The standard InChI is InChI=1S/C19H22N2O4/c22-18(12-1-2-12)20-5-7-21(8-6-20)19(23)15-10-14(15)13-3-4-16-17(9-13)25-11-24-16/h3-4,9,12,14-15H,1-2,5-8,10-11H2. The maximum absolute atomic E-state index is 12.8. The zero-order valence-corrected chi connectivity index (χ0v) is 14.1. The molecule has 2 amide bonds. The van der Waals surface area contributed by atoms with E-state index in [9.17, 15) is 9.59 Å². The van der Waals surface area contributed by atoms with Crippen LogP contribution in [0.5, 0.6) is 11.5 Å². The highest BCUT2D eigenvalue weighted by atomic mass is 16.7. The van der Waals surface area contributed by atoms with Gasteiger partial charge in [0.1, 0.15) is 0 Å². The van der Waals surface area contributed by atoms with Crippen LogP contribution in [0.25, 0.3) is 0 Å². The van der Waals surface area contributed by atoms with Gasteiger partial charge in [-0.3, -0.25) is 9.59 Å². The molecule has 2 aliphatic carbocycles. The Morgan fingerprint density at radius 2 is 1.60 bits per heavy atom. The molecule has 2 saturated carbocycles. The minimum atomic E-state index is 0.0751. The number of rotatable bonds is 3. The van der Waals surface area contributed by atoms with E-state index in [1.54, 1.807) is 0 Å². The first-order chi connectivity index (χ1) is 12.2. The number of piperazine rings is 1. The van der Waals surface area contributed by atoms with E-state index in [0.717, 1.165) is 36.3 Å². The number of ether oxygens (including phenoxy) is 2. The highest BCUT2D eigenvalue weighted by molar-refractivity contribution is 5.84. The number of nitrogens with zero attached hydrogens (tertiary/aromatic N) is 2. The molecule has 5 rings (SSSR count). The van der Waals surface area contributed by atoms with Crippen molar-refractivity contribution in [1.82, 2.24) is 9.80 Å². The molecule has 1 aromatic carbocycles. The van der Waals surface area contributed by atoms with Crippen LogP contribution >= 0.6 is 0 Å². The average Bonchev–Trinajstić information content (AvgIpc) is 3.57. The van der Waals surface area contributed by atoms with Crippen molar-refractivity contribution in [2.75, 3.05) is 33.0 Å². The zero-order valence-electron chi connectivity index (χ0n) is 14.1. The zero-order chi connectivity index (χ0) is 17.0. The summed E-state index contributed by atoms with van der Waals surface area (Å²) < 4.78 is 10.8. The molecule has 6 nitrogen and oxygen atoms in total. The normalized spacial score (nSPS) is 27.4. The lowest BCUT2D eigenvalue weighted by Gasteiger charge is -2.35. The average molecular weight is 342 g/mol. The number of hydrogen-bond donors (Lipinski definition) is 0. The Bertz CT molecular complexity index is 722. The molecule has 2 heterocycles. The van der Waals surface area contributed by atoms with Crippen LogP contribution in [-0.2, 0) is 9.59 Å². The van der Waals surface area contributed by atoms with E-state index in [-0.39, 0.29) is 36.4 Å². The van der Waals surface area contributed by atoms with Crippen LogP contribution < -0.4 is 9.47 Å². The van der Waals surface area contributed by atoms with E-state index in [1.807, 2.05) is 28.0 Å². The number of amides is 2.